The summed E-state index contributed by atoms with van der Waals surface area (Å²) in [6, 6.07) is 8.97. The van der Waals surface area contributed by atoms with Crippen molar-refractivity contribution < 1.29 is 14.3 Å². The van der Waals surface area contributed by atoms with Crippen molar-refractivity contribution >= 4 is 18.4 Å². The van der Waals surface area contributed by atoms with Crippen LogP contribution in [-0.4, -0.2) is 25.2 Å². The van der Waals surface area contributed by atoms with Gasteiger partial charge in [-0.1, -0.05) is 30.3 Å². The van der Waals surface area contributed by atoms with Gasteiger partial charge in [-0.2, -0.15) is 0 Å². The van der Waals surface area contributed by atoms with Gasteiger partial charge in [-0.15, -0.1) is 12.4 Å². The Bertz CT molecular complexity index is 332. The van der Waals surface area contributed by atoms with E-state index in [9.17, 15) is 4.79 Å². The van der Waals surface area contributed by atoms with E-state index in [1.807, 2.05) is 30.3 Å². The number of hydrogen-bond acceptors (Lipinski definition) is 4. The molecule has 17 heavy (non-hydrogen) atoms. The highest BCUT2D eigenvalue weighted by Gasteiger charge is 2.21. The monoisotopic (exact) mass is 259 g/mol. The Morgan fingerprint density at radius 1 is 1.35 bits per heavy atom. The number of carbonyl (C=O) groups excluding carboxylic acids is 1. The van der Waals surface area contributed by atoms with Gasteiger partial charge >= 0.3 is 5.97 Å². The first-order valence-electron chi connectivity index (χ1n) is 5.14. The number of carbonyl (C=O) groups is 1. The largest absolute Gasteiger partial charge is 0.468 e. The predicted molar refractivity (Wildman–Crippen MR) is 67.9 cm³/mol. The Hall–Kier alpha value is -1.10. The highest BCUT2D eigenvalue weighted by Crippen LogP contribution is 2.05. The molecule has 0 radical (unpaired) electrons. The fraction of sp³-hybridized carbons (Fsp3) is 0.417. The van der Waals surface area contributed by atoms with Gasteiger partial charge in [0.2, 0.25) is 0 Å². The molecule has 0 aliphatic carbocycles. The van der Waals surface area contributed by atoms with Crippen LogP contribution in [0.2, 0.25) is 0 Å². The number of nitrogens with two attached hydrogens (primary N) is 1. The number of esters is 1. The maximum atomic E-state index is 11.1. The van der Waals surface area contributed by atoms with E-state index in [0.29, 0.717) is 6.61 Å². The summed E-state index contributed by atoms with van der Waals surface area (Å²) in [6.07, 6.45) is -0.368. The van der Waals surface area contributed by atoms with Gasteiger partial charge in [-0.3, -0.25) is 4.79 Å². The van der Waals surface area contributed by atoms with E-state index in [2.05, 4.69) is 4.74 Å². The van der Waals surface area contributed by atoms with Crippen LogP contribution in [0.1, 0.15) is 12.5 Å². The summed E-state index contributed by atoms with van der Waals surface area (Å²) >= 11 is 0. The Morgan fingerprint density at radius 3 is 2.47 bits per heavy atom. The van der Waals surface area contributed by atoms with Crippen LogP contribution in [0.4, 0.5) is 0 Å². The summed E-state index contributed by atoms with van der Waals surface area (Å²) in [4.78, 5) is 11.1. The zero-order chi connectivity index (χ0) is 12.0. The minimum atomic E-state index is -0.742. The minimum absolute atomic E-state index is 0. The second kappa shape index (κ2) is 8.06. The molecule has 1 rings (SSSR count). The number of ether oxygens (including phenoxy) is 2. The SMILES string of the molecule is COC(=O)[C@H](N)[C@H](C)OCc1ccccc1.Cl. The molecule has 0 aliphatic heterocycles. The molecule has 0 saturated carbocycles. The minimum Gasteiger partial charge on any atom is -0.468 e. The van der Waals surface area contributed by atoms with Crippen molar-refractivity contribution in [2.75, 3.05) is 7.11 Å². The maximum Gasteiger partial charge on any atom is 0.325 e. The molecule has 0 fully saturated rings. The smallest absolute Gasteiger partial charge is 0.325 e. The van der Waals surface area contributed by atoms with Gasteiger partial charge in [0.1, 0.15) is 6.04 Å². The first kappa shape index (κ1) is 15.9. The van der Waals surface area contributed by atoms with Crippen LogP contribution in [0.25, 0.3) is 0 Å². The van der Waals surface area contributed by atoms with E-state index >= 15 is 0 Å². The van der Waals surface area contributed by atoms with Crippen molar-refractivity contribution in [2.45, 2.75) is 25.7 Å². The zero-order valence-corrected chi connectivity index (χ0v) is 10.8. The third-order valence-electron chi connectivity index (χ3n) is 2.33. The number of benzene rings is 1. The van der Waals surface area contributed by atoms with Gasteiger partial charge in [0.25, 0.3) is 0 Å². The van der Waals surface area contributed by atoms with Crippen LogP contribution in [-0.2, 0) is 20.9 Å². The Morgan fingerprint density at radius 2 is 1.94 bits per heavy atom. The molecule has 0 amide bonds. The Labute approximate surface area is 108 Å². The molecule has 0 spiro atoms. The first-order valence-corrected chi connectivity index (χ1v) is 5.14. The second-order valence-electron chi connectivity index (χ2n) is 3.55. The fourth-order valence-electron chi connectivity index (χ4n) is 1.23. The van der Waals surface area contributed by atoms with Crippen LogP contribution in [0.15, 0.2) is 30.3 Å². The summed E-state index contributed by atoms with van der Waals surface area (Å²) in [5, 5.41) is 0. The average molecular weight is 260 g/mol. The molecule has 0 aliphatic rings. The molecule has 5 heteroatoms. The number of hydrogen-bond donors (Lipinski definition) is 1. The lowest BCUT2D eigenvalue weighted by Gasteiger charge is -2.18. The van der Waals surface area contributed by atoms with Crippen molar-refractivity contribution in [1.29, 1.82) is 0 Å². The third kappa shape index (κ3) is 5.17. The standard InChI is InChI=1S/C12H17NO3.ClH/c1-9(11(13)12(14)15-2)16-8-10-6-4-3-5-7-10;/h3-7,9,11H,8,13H2,1-2H3;1H/t9-,11+;/m0./s1. The van der Waals surface area contributed by atoms with E-state index in [4.69, 9.17) is 10.5 Å². The van der Waals surface area contributed by atoms with Gasteiger partial charge in [0.05, 0.1) is 19.8 Å². The summed E-state index contributed by atoms with van der Waals surface area (Å²) in [7, 11) is 1.31. The van der Waals surface area contributed by atoms with Gasteiger partial charge < -0.3 is 15.2 Å². The van der Waals surface area contributed by atoms with Crippen LogP contribution >= 0.6 is 12.4 Å². The van der Waals surface area contributed by atoms with Crippen molar-refractivity contribution in [3.63, 3.8) is 0 Å². The van der Waals surface area contributed by atoms with Gasteiger partial charge in [-0.25, -0.2) is 0 Å². The highest BCUT2D eigenvalue weighted by atomic mass is 35.5. The van der Waals surface area contributed by atoms with Crippen molar-refractivity contribution in [2.24, 2.45) is 5.73 Å². The number of halogens is 1. The molecule has 2 N–H and O–H groups in total. The molecule has 0 unspecified atom stereocenters. The molecule has 1 aromatic rings. The zero-order valence-electron chi connectivity index (χ0n) is 9.96. The molecule has 2 atom stereocenters. The fourth-order valence-corrected chi connectivity index (χ4v) is 1.23. The van der Waals surface area contributed by atoms with Crippen molar-refractivity contribution in [3.8, 4) is 0 Å². The molecule has 0 heterocycles. The molecular formula is C12H18ClNO3. The number of rotatable bonds is 5. The maximum absolute atomic E-state index is 11.1. The van der Waals surface area contributed by atoms with Gasteiger partial charge in [0.15, 0.2) is 0 Å². The third-order valence-corrected chi connectivity index (χ3v) is 2.33. The molecule has 0 saturated heterocycles. The van der Waals surface area contributed by atoms with Gasteiger partial charge in [0, 0.05) is 0 Å². The quantitative estimate of drug-likeness (QED) is 0.815. The Balaban J connectivity index is 0.00000256. The van der Waals surface area contributed by atoms with E-state index in [1.165, 1.54) is 7.11 Å². The predicted octanol–water partition coefficient (Wildman–Crippen LogP) is 1.51. The molecule has 0 bridgehead atoms. The molecule has 96 valence electrons. The molecule has 1 aromatic carbocycles. The highest BCUT2D eigenvalue weighted by molar-refractivity contribution is 5.85. The molecular weight excluding hydrogens is 242 g/mol. The van der Waals surface area contributed by atoms with Crippen LogP contribution < -0.4 is 5.73 Å². The van der Waals surface area contributed by atoms with Gasteiger partial charge in [-0.05, 0) is 12.5 Å². The van der Waals surface area contributed by atoms with Crippen molar-refractivity contribution in [1.82, 2.24) is 0 Å². The summed E-state index contributed by atoms with van der Waals surface area (Å²) in [6.45, 7) is 2.19. The molecule has 4 nitrogen and oxygen atoms in total. The molecule has 0 aromatic heterocycles. The summed E-state index contributed by atoms with van der Waals surface area (Å²) < 4.78 is 10.0. The van der Waals surface area contributed by atoms with Crippen LogP contribution in [0, 0.1) is 0 Å². The lowest BCUT2D eigenvalue weighted by molar-refractivity contribution is -0.146. The van der Waals surface area contributed by atoms with E-state index in [1.54, 1.807) is 6.92 Å². The van der Waals surface area contributed by atoms with Crippen molar-refractivity contribution in [3.05, 3.63) is 35.9 Å². The number of methoxy groups -OCH3 is 1. The van der Waals surface area contributed by atoms with E-state index in [0.717, 1.165) is 5.56 Å². The van der Waals surface area contributed by atoms with E-state index in [-0.39, 0.29) is 18.5 Å². The lowest BCUT2D eigenvalue weighted by Crippen LogP contribution is -2.42. The second-order valence-corrected chi connectivity index (χ2v) is 3.55. The normalized spacial score (nSPS) is 13.4. The average Bonchev–Trinajstić information content (AvgIpc) is 2.35. The summed E-state index contributed by atoms with van der Waals surface area (Å²) in [5.74, 6) is -0.458. The summed E-state index contributed by atoms with van der Waals surface area (Å²) in [5.41, 5.74) is 6.68. The first-order chi connectivity index (χ1) is 7.65. The topological polar surface area (TPSA) is 61.5 Å². The van der Waals surface area contributed by atoms with Crippen LogP contribution in [0.5, 0.6) is 0 Å². The van der Waals surface area contributed by atoms with Crippen LogP contribution in [0.3, 0.4) is 0 Å². The lowest BCUT2D eigenvalue weighted by atomic mass is 10.2. The Kier molecular flexibility index (Phi) is 7.54. The van der Waals surface area contributed by atoms with E-state index < -0.39 is 12.0 Å².